The fraction of sp³-hybridized carbons (Fsp3) is 0.667. The normalized spacial score (nSPS) is 4.00. The van der Waals surface area contributed by atoms with E-state index in [-0.39, 0.29) is 21.1 Å². The van der Waals surface area contributed by atoms with Crippen LogP contribution in [0.4, 0.5) is 0 Å². The Balaban J connectivity index is 0. The third kappa shape index (κ3) is 14.3. The maximum Gasteiger partial charge on any atom is 0.0618 e. The van der Waals surface area contributed by atoms with Crippen LogP contribution in [-0.4, -0.2) is 0 Å². The maximum atomic E-state index is 7.62. The van der Waals surface area contributed by atoms with Crippen molar-refractivity contribution in [2.24, 2.45) is 0 Å². The van der Waals surface area contributed by atoms with Gasteiger partial charge in [0, 0.05) is 27.5 Å². The average Bonchev–Trinajstić information content (AvgIpc) is 1.37. The smallest absolute Gasteiger partial charge is 0.0618 e. The van der Waals surface area contributed by atoms with Gasteiger partial charge in [0.05, 0.1) is 6.07 Å². The number of rotatable bonds is 0. The fourth-order valence-corrected chi connectivity index (χ4v) is 0. The maximum absolute atomic E-state index is 7.62. The molecule has 0 fully saturated rings. The summed E-state index contributed by atoms with van der Waals surface area (Å²) in [4.78, 5) is 0. The molecule has 2 heteroatoms. The quantitative estimate of drug-likeness (QED) is 0.627. The minimum atomic E-state index is 0. The monoisotopic (exact) mass is 250 g/mol. The molecule has 0 bridgehead atoms. The summed E-state index contributed by atoms with van der Waals surface area (Å²) < 4.78 is 0. The Morgan fingerprint density at radius 2 is 2.00 bits per heavy atom. The predicted molar refractivity (Wildman–Crippen MR) is 15.9 cm³/mol. The first-order chi connectivity index (χ1) is 1.91. The van der Waals surface area contributed by atoms with Gasteiger partial charge in [0.1, 0.15) is 0 Å². The molecule has 0 radical (unpaired) electrons. The van der Waals surface area contributed by atoms with E-state index in [4.69, 9.17) is 5.26 Å². The van der Waals surface area contributed by atoms with Crippen LogP contribution in [0.15, 0.2) is 0 Å². The van der Waals surface area contributed by atoms with Crippen LogP contribution in [0, 0.1) is 11.3 Å². The first kappa shape index (κ1) is 8.95. The molecule has 5 heavy (non-hydrogen) atoms. The van der Waals surface area contributed by atoms with E-state index in [9.17, 15) is 0 Å². The number of hydrogen-bond acceptors (Lipinski definition) is 1. The van der Waals surface area contributed by atoms with Crippen molar-refractivity contribution in [3.8, 4) is 6.07 Å². The predicted octanol–water partition coefficient (Wildman–Crippen LogP) is 0.917. The molecule has 0 unspecified atom stereocenters. The molecule has 0 aliphatic carbocycles. The molecule has 0 amide bonds. The molecule has 0 N–H and O–H groups in total. The third-order valence-corrected chi connectivity index (χ3v) is 0.158. The van der Waals surface area contributed by atoms with Crippen LogP contribution >= 0.6 is 0 Å². The summed E-state index contributed by atoms with van der Waals surface area (Å²) in [5.74, 6) is 0. The second-order valence-electron chi connectivity index (χ2n) is 0.512. The summed E-state index contributed by atoms with van der Waals surface area (Å²) in [5.41, 5.74) is 0. The summed E-state index contributed by atoms with van der Waals surface area (Å²) >= 11 is 0. The average molecular weight is 250 g/mol. The Bertz CT molecular complexity index is 36.6. The van der Waals surface area contributed by atoms with Crippen molar-refractivity contribution in [2.45, 2.75) is 13.3 Å². The van der Waals surface area contributed by atoms with Gasteiger partial charge in [-0.25, -0.2) is 0 Å². The Hall–Kier alpha value is 0.178. The fourth-order valence-electron chi connectivity index (χ4n) is 0. The van der Waals surface area contributed by atoms with Crippen LogP contribution < -0.4 is 0 Å². The number of nitriles is 1. The summed E-state index contributed by atoms with van der Waals surface area (Å²) in [7, 11) is 0. The van der Waals surface area contributed by atoms with Crippen molar-refractivity contribution in [1.29, 1.82) is 5.26 Å². The van der Waals surface area contributed by atoms with Crippen molar-refractivity contribution in [3.05, 3.63) is 0 Å². The molecule has 0 aromatic rings. The van der Waals surface area contributed by atoms with E-state index < -0.39 is 0 Å². The van der Waals surface area contributed by atoms with Gasteiger partial charge >= 0.3 is 0 Å². The molecule has 0 atom stereocenters. The Kier molecular flexibility index (Phi) is 15.9. The van der Waals surface area contributed by atoms with Crippen molar-refractivity contribution >= 4 is 0 Å². The van der Waals surface area contributed by atoms with E-state index >= 15 is 0 Å². The van der Waals surface area contributed by atoms with Gasteiger partial charge in [0.15, 0.2) is 0 Å². The SMILES string of the molecule is CCC#N.[Pt]. The Morgan fingerprint density at radius 1 is 1.80 bits per heavy atom. The molecule has 0 aliphatic heterocycles. The van der Waals surface area contributed by atoms with Gasteiger partial charge in [-0.05, 0) is 0 Å². The Labute approximate surface area is 46.2 Å². The zero-order chi connectivity index (χ0) is 3.41. The molecule has 0 saturated carbocycles. The minimum absolute atomic E-state index is 0. The zero-order valence-corrected chi connectivity index (χ0v) is 5.24. The van der Waals surface area contributed by atoms with Gasteiger partial charge < -0.3 is 0 Å². The summed E-state index contributed by atoms with van der Waals surface area (Å²) in [6.07, 6.45) is 0.625. The summed E-state index contributed by atoms with van der Waals surface area (Å²) in [6.45, 7) is 1.82. The van der Waals surface area contributed by atoms with E-state index in [1.807, 2.05) is 13.0 Å². The molecule has 32 valence electrons. The molecular formula is C3H5NPt. The van der Waals surface area contributed by atoms with Gasteiger partial charge in [0.2, 0.25) is 0 Å². The first-order valence-electron chi connectivity index (χ1n) is 1.28. The number of nitrogens with zero attached hydrogens (tertiary/aromatic N) is 1. The zero-order valence-electron chi connectivity index (χ0n) is 2.97. The van der Waals surface area contributed by atoms with Crippen LogP contribution in [0.5, 0.6) is 0 Å². The molecule has 0 aromatic carbocycles. The van der Waals surface area contributed by atoms with Crippen molar-refractivity contribution in [1.82, 2.24) is 0 Å². The number of hydrogen-bond donors (Lipinski definition) is 0. The van der Waals surface area contributed by atoms with Gasteiger partial charge in [-0.1, -0.05) is 6.92 Å². The van der Waals surface area contributed by atoms with Gasteiger partial charge in [-0.2, -0.15) is 5.26 Å². The summed E-state index contributed by atoms with van der Waals surface area (Å²) in [6, 6.07) is 1.93. The molecule has 0 saturated heterocycles. The largest absolute Gasteiger partial charge is 0.198 e. The van der Waals surface area contributed by atoms with Gasteiger partial charge in [-0.3, -0.25) is 0 Å². The van der Waals surface area contributed by atoms with Crippen LogP contribution in [0.2, 0.25) is 0 Å². The van der Waals surface area contributed by atoms with Gasteiger partial charge in [-0.15, -0.1) is 0 Å². The topological polar surface area (TPSA) is 23.8 Å². The second-order valence-corrected chi connectivity index (χ2v) is 0.512. The second kappa shape index (κ2) is 8.90. The molecular weight excluding hydrogens is 245 g/mol. The minimum Gasteiger partial charge on any atom is -0.198 e. The van der Waals surface area contributed by atoms with Crippen molar-refractivity contribution < 1.29 is 21.1 Å². The molecule has 0 aromatic heterocycles. The van der Waals surface area contributed by atoms with Crippen LogP contribution in [0.1, 0.15) is 13.3 Å². The molecule has 0 heterocycles. The van der Waals surface area contributed by atoms with Gasteiger partial charge in [0.25, 0.3) is 0 Å². The van der Waals surface area contributed by atoms with E-state index in [2.05, 4.69) is 0 Å². The van der Waals surface area contributed by atoms with E-state index in [1.54, 1.807) is 0 Å². The third-order valence-electron chi connectivity index (χ3n) is 0.158. The summed E-state index contributed by atoms with van der Waals surface area (Å²) in [5, 5.41) is 7.62. The van der Waals surface area contributed by atoms with Crippen LogP contribution in [0.3, 0.4) is 0 Å². The molecule has 1 nitrogen and oxygen atoms in total. The van der Waals surface area contributed by atoms with E-state index in [0.717, 1.165) is 0 Å². The van der Waals surface area contributed by atoms with Crippen molar-refractivity contribution in [3.63, 3.8) is 0 Å². The Morgan fingerprint density at radius 3 is 2.00 bits per heavy atom. The van der Waals surface area contributed by atoms with Crippen LogP contribution in [-0.2, 0) is 21.1 Å². The van der Waals surface area contributed by atoms with Crippen molar-refractivity contribution in [2.75, 3.05) is 0 Å². The molecule has 0 aliphatic rings. The van der Waals surface area contributed by atoms with E-state index in [0.29, 0.717) is 6.42 Å². The first-order valence-corrected chi connectivity index (χ1v) is 1.28. The van der Waals surface area contributed by atoms with E-state index in [1.165, 1.54) is 0 Å². The molecule has 0 rings (SSSR count). The molecule has 0 spiro atoms. The standard InChI is InChI=1S/C3H5N.Pt/c1-2-3-4;/h2H2,1H3;. The van der Waals surface area contributed by atoms with Crippen LogP contribution in [0.25, 0.3) is 0 Å².